The van der Waals surface area contributed by atoms with Gasteiger partial charge in [-0.05, 0) is 49.6 Å². The van der Waals surface area contributed by atoms with E-state index in [0.717, 1.165) is 38.8 Å². The normalized spacial score (nSPS) is 15.2. The smallest absolute Gasteiger partial charge is 0.337 e. The number of hydrogen-bond donors (Lipinski definition) is 2. The summed E-state index contributed by atoms with van der Waals surface area (Å²) in [7, 11) is -3.79. The van der Waals surface area contributed by atoms with Crippen molar-refractivity contribution < 1.29 is 18.3 Å². The maximum atomic E-state index is 12.7. The molecule has 0 amide bonds. The average Bonchev–Trinajstić information content (AvgIpc) is 2.91. The molecule has 0 radical (unpaired) electrons. The molecule has 1 aliphatic rings. The number of sulfonamides is 1. The maximum absolute atomic E-state index is 12.7. The molecule has 0 aliphatic carbocycles. The van der Waals surface area contributed by atoms with Gasteiger partial charge in [0.15, 0.2) is 0 Å². The molecule has 0 saturated carbocycles. The van der Waals surface area contributed by atoms with Gasteiger partial charge in [-0.25, -0.2) is 13.2 Å². The van der Waals surface area contributed by atoms with Crippen LogP contribution in [0.1, 0.15) is 41.6 Å². The zero-order chi connectivity index (χ0) is 19.4. The fraction of sp³-hybridized carbons (Fsp3) is 0.350. The molecule has 1 heterocycles. The van der Waals surface area contributed by atoms with Crippen LogP contribution in [0.15, 0.2) is 47.4 Å². The number of carboxylic acids is 1. The van der Waals surface area contributed by atoms with Crippen LogP contribution in [0.2, 0.25) is 0 Å². The van der Waals surface area contributed by atoms with Crippen LogP contribution in [0.4, 0.5) is 11.4 Å². The molecule has 0 spiro atoms. The van der Waals surface area contributed by atoms with E-state index in [-0.39, 0.29) is 16.1 Å². The average molecular weight is 388 g/mol. The molecule has 1 aliphatic heterocycles. The lowest BCUT2D eigenvalue weighted by Gasteiger charge is -2.25. The fourth-order valence-electron chi connectivity index (χ4n) is 3.43. The Kier molecular flexibility index (Phi) is 5.70. The summed E-state index contributed by atoms with van der Waals surface area (Å²) in [5, 5.41) is 9.65. The number of aryl methyl sites for hydroxylation is 1. The fourth-order valence-corrected chi connectivity index (χ4v) is 4.72. The van der Waals surface area contributed by atoms with E-state index < -0.39 is 16.0 Å². The van der Waals surface area contributed by atoms with E-state index in [2.05, 4.69) is 9.62 Å². The summed E-state index contributed by atoms with van der Waals surface area (Å²) in [6, 6.07) is 11.4. The van der Waals surface area contributed by atoms with Crippen LogP contribution >= 0.6 is 0 Å². The summed E-state index contributed by atoms with van der Waals surface area (Å²) in [5.41, 5.74) is 1.63. The summed E-state index contributed by atoms with van der Waals surface area (Å²) in [5.74, 6) is -1.06. The highest BCUT2D eigenvalue weighted by Gasteiger charge is 2.21. The van der Waals surface area contributed by atoms with Gasteiger partial charge >= 0.3 is 5.97 Å². The lowest BCUT2D eigenvalue weighted by Crippen LogP contribution is -2.26. The third-order valence-electron chi connectivity index (χ3n) is 4.81. The molecule has 0 unspecified atom stereocenters. The van der Waals surface area contributed by atoms with Gasteiger partial charge in [0.25, 0.3) is 10.0 Å². The van der Waals surface area contributed by atoms with Crippen molar-refractivity contribution in [3.63, 3.8) is 0 Å². The first-order valence-electron chi connectivity index (χ1n) is 9.09. The summed E-state index contributed by atoms with van der Waals surface area (Å²) < 4.78 is 27.8. The third-order valence-corrected chi connectivity index (χ3v) is 6.35. The summed E-state index contributed by atoms with van der Waals surface area (Å²) >= 11 is 0. The highest BCUT2D eigenvalue weighted by molar-refractivity contribution is 7.92. The monoisotopic (exact) mass is 388 g/mol. The minimum Gasteiger partial charge on any atom is -0.478 e. The number of rotatable bonds is 5. The van der Waals surface area contributed by atoms with Gasteiger partial charge in [-0.1, -0.05) is 31.0 Å². The van der Waals surface area contributed by atoms with E-state index in [9.17, 15) is 18.3 Å². The molecular formula is C20H24N2O4S. The Morgan fingerprint density at radius 3 is 2.33 bits per heavy atom. The van der Waals surface area contributed by atoms with Crippen LogP contribution < -0.4 is 9.62 Å². The van der Waals surface area contributed by atoms with Crippen LogP contribution in [0.3, 0.4) is 0 Å². The Morgan fingerprint density at radius 2 is 1.70 bits per heavy atom. The van der Waals surface area contributed by atoms with Crippen LogP contribution in [-0.4, -0.2) is 32.6 Å². The molecule has 0 aromatic heterocycles. The van der Waals surface area contributed by atoms with Gasteiger partial charge in [-0.2, -0.15) is 0 Å². The largest absolute Gasteiger partial charge is 0.478 e. The topological polar surface area (TPSA) is 86.7 Å². The van der Waals surface area contributed by atoms with Crippen molar-refractivity contribution in [2.45, 2.75) is 37.5 Å². The second-order valence-corrected chi connectivity index (χ2v) is 8.46. The number of benzene rings is 2. The molecule has 27 heavy (non-hydrogen) atoms. The van der Waals surface area contributed by atoms with E-state index in [0.29, 0.717) is 11.3 Å². The minimum atomic E-state index is -3.79. The number of anilines is 2. The van der Waals surface area contributed by atoms with E-state index >= 15 is 0 Å². The maximum Gasteiger partial charge on any atom is 0.337 e. The number of aromatic carboxylic acids is 1. The Morgan fingerprint density at radius 1 is 1.04 bits per heavy atom. The van der Waals surface area contributed by atoms with Crippen molar-refractivity contribution >= 4 is 27.4 Å². The van der Waals surface area contributed by atoms with Crippen molar-refractivity contribution in [1.82, 2.24) is 0 Å². The van der Waals surface area contributed by atoms with Crippen molar-refractivity contribution in [2.75, 3.05) is 22.7 Å². The Hall–Kier alpha value is -2.54. The molecular weight excluding hydrogens is 364 g/mol. The summed E-state index contributed by atoms with van der Waals surface area (Å²) in [4.78, 5) is 14.0. The van der Waals surface area contributed by atoms with Gasteiger partial charge in [-0.15, -0.1) is 0 Å². The summed E-state index contributed by atoms with van der Waals surface area (Å²) in [6.07, 6.45) is 4.35. The predicted octanol–water partition coefficient (Wildman–Crippen LogP) is 3.87. The van der Waals surface area contributed by atoms with Crippen LogP contribution in [-0.2, 0) is 10.0 Å². The molecule has 144 valence electrons. The second-order valence-electron chi connectivity index (χ2n) is 6.81. The van der Waals surface area contributed by atoms with Crippen LogP contribution in [0.25, 0.3) is 0 Å². The minimum absolute atomic E-state index is 0.113. The van der Waals surface area contributed by atoms with Gasteiger partial charge in [0.05, 0.1) is 16.1 Å². The Labute approximate surface area is 159 Å². The van der Waals surface area contributed by atoms with Gasteiger partial charge in [0, 0.05) is 18.8 Å². The molecule has 2 aromatic carbocycles. The lowest BCUT2D eigenvalue weighted by atomic mass is 10.1. The van der Waals surface area contributed by atoms with Crippen molar-refractivity contribution in [2.24, 2.45) is 0 Å². The quantitative estimate of drug-likeness (QED) is 0.812. The molecule has 1 saturated heterocycles. The molecule has 2 aromatic rings. The first kappa shape index (κ1) is 19.2. The molecule has 0 atom stereocenters. The molecule has 3 rings (SSSR count). The number of carboxylic acid groups (broad SMARTS) is 1. The third kappa shape index (κ3) is 4.42. The van der Waals surface area contributed by atoms with E-state index in [1.807, 2.05) is 0 Å². The van der Waals surface area contributed by atoms with E-state index in [1.54, 1.807) is 37.3 Å². The zero-order valence-electron chi connectivity index (χ0n) is 15.3. The number of nitrogens with one attached hydrogen (secondary N) is 1. The first-order valence-corrected chi connectivity index (χ1v) is 10.6. The second kappa shape index (κ2) is 8.00. The van der Waals surface area contributed by atoms with E-state index in [1.165, 1.54) is 12.1 Å². The van der Waals surface area contributed by atoms with Crippen LogP contribution in [0.5, 0.6) is 0 Å². The van der Waals surface area contributed by atoms with Crippen molar-refractivity contribution in [1.29, 1.82) is 0 Å². The standard InChI is InChI=1S/C20H24N2O4S/c1-15-8-4-5-9-19(15)27(25,26)21-16-10-11-18(17(14-16)20(23)24)22-12-6-2-3-7-13-22/h4-5,8-11,14,21H,2-3,6-7,12-13H2,1H3,(H,23,24). The Bertz CT molecular complexity index is 933. The van der Waals surface area contributed by atoms with Gasteiger partial charge < -0.3 is 10.0 Å². The molecule has 0 bridgehead atoms. The molecule has 2 N–H and O–H groups in total. The van der Waals surface area contributed by atoms with Gasteiger partial charge in [-0.3, -0.25) is 4.72 Å². The highest BCUT2D eigenvalue weighted by Crippen LogP contribution is 2.28. The lowest BCUT2D eigenvalue weighted by molar-refractivity contribution is 0.0697. The number of carbonyl (C=O) groups is 1. The molecule has 7 heteroatoms. The SMILES string of the molecule is Cc1ccccc1S(=O)(=O)Nc1ccc(N2CCCCCC2)c(C(=O)O)c1. The summed E-state index contributed by atoms with van der Waals surface area (Å²) in [6.45, 7) is 3.35. The zero-order valence-corrected chi connectivity index (χ0v) is 16.1. The van der Waals surface area contributed by atoms with Crippen LogP contribution in [0, 0.1) is 6.92 Å². The number of nitrogens with zero attached hydrogens (tertiary/aromatic N) is 1. The highest BCUT2D eigenvalue weighted by atomic mass is 32.2. The van der Waals surface area contributed by atoms with Crippen molar-refractivity contribution in [3.05, 3.63) is 53.6 Å². The number of hydrogen-bond acceptors (Lipinski definition) is 4. The van der Waals surface area contributed by atoms with E-state index in [4.69, 9.17) is 0 Å². The van der Waals surface area contributed by atoms with Gasteiger partial charge in [0.2, 0.25) is 0 Å². The van der Waals surface area contributed by atoms with Gasteiger partial charge in [0.1, 0.15) is 0 Å². The predicted molar refractivity (Wildman–Crippen MR) is 106 cm³/mol. The Balaban J connectivity index is 1.92. The molecule has 1 fully saturated rings. The van der Waals surface area contributed by atoms with Crippen molar-refractivity contribution in [3.8, 4) is 0 Å². The molecule has 6 nitrogen and oxygen atoms in total. The first-order chi connectivity index (χ1) is 12.9.